The third kappa shape index (κ3) is 1.76. The molecule has 1 aliphatic rings. The number of hydrogen-bond acceptors (Lipinski definition) is 4. The smallest absolute Gasteiger partial charge is 0.295 e. The van der Waals surface area contributed by atoms with Crippen molar-refractivity contribution in [3.63, 3.8) is 0 Å². The number of benzene rings is 1. The summed E-state index contributed by atoms with van der Waals surface area (Å²) in [5, 5.41) is 0.772. The Morgan fingerprint density at radius 2 is 1.63 bits per heavy atom. The van der Waals surface area contributed by atoms with E-state index in [-0.39, 0.29) is 0 Å². The lowest BCUT2D eigenvalue weighted by molar-refractivity contribution is -0.0146. The molecule has 1 aromatic heterocycles. The van der Waals surface area contributed by atoms with Gasteiger partial charge in [-0.15, -0.1) is 0 Å². The highest BCUT2D eigenvalue weighted by molar-refractivity contribution is 6.20. The molecule has 5 nitrogen and oxygen atoms in total. The third-order valence-corrected chi connectivity index (χ3v) is 2.90. The Labute approximate surface area is 109 Å². The maximum absolute atomic E-state index is 12.1. The number of hydrogen-bond donors (Lipinski definition) is 0. The average Bonchev–Trinajstić information content (AvgIpc) is 2.67. The average molecular weight is 254 g/mol. The third-order valence-electron chi connectivity index (χ3n) is 2.90. The van der Waals surface area contributed by atoms with E-state index in [1.54, 1.807) is 49.5 Å². The van der Waals surface area contributed by atoms with Crippen molar-refractivity contribution in [2.75, 3.05) is 0 Å². The molecule has 19 heavy (non-hydrogen) atoms. The van der Waals surface area contributed by atoms with E-state index in [2.05, 4.69) is 4.98 Å². The van der Waals surface area contributed by atoms with Gasteiger partial charge in [0.15, 0.2) is 5.75 Å². The lowest BCUT2D eigenvalue weighted by atomic mass is 10.1. The van der Waals surface area contributed by atoms with Crippen LogP contribution in [0.5, 0.6) is 5.75 Å². The highest BCUT2D eigenvalue weighted by Crippen LogP contribution is 2.25. The van der Waals surface area contributed by atoms with E-state index in [1.165, 1.54) is 0 Å². The highest BCUT2D eigenvalue weighted by Gasteiger charge is 2.37. The molecule has 0 atom stereocenters. The summed E-state index contributed by atoms with van der Waals surface area (Å²) in [7, 11) is 0. The second kappa shape index (κ2) is 4.20. The fraction of sp³-hybridized carbons (Fsp3) is 0.0714. The Morgan fingerprint density at radius 1 is 1.00 bits per heavy atom. The zero-order valence-corrected chi connectivity index (χ0v) is 10.2. The quantitative estimate of drug-likeness (QED) is 0.769. The molecule has 0 N–H and O–H groups in total. The number of hydroxylamine groups is 2. The summed E-state index contributed by atoms with van der Waals surface area (Å²) in [6, 6.07) is 9.97. The van der Waals surface area contributed by atoms with Gasteiger partial charge in [-0.25, -0.2) is 0 Å². The van der Waals surface area contributed by atoms with Crippen molar-refractivity contribution in [3.05, 3.63) is 59.4 Å². The molecule has 2 heterocycles. The van der Waals surface area contributed by atoms with E-state index in [0.29, 0.717) is 22.6 Å². The van der Waals surface area contributed by atoms with Crippen molar-refractivity contribution in [2.45, 2.75) is 6.92 Å². The van der Waals surface area contributed by atoms with Gasteiger partial charge in [0.2, 0.25) is 0 Å². The van der Waals surface area contributed by atoms with Crippen LogP contribution in [0.1, 0.15) is 26.4 Å². The van der Waals surface area contributed by atoms with E-state index < -0.39 is 11.8 Å². The predicted molar refractivity (Wildman–Crippen MR) is 66.5 cm³/mol. The maximum atomic E-state index is 12.1. The first-order valence-corrected chi connectivity index (χ1v) is 5.76. The minimum Gasteiger partial charge on any atom is -0.367 e. The second-order valence-electron chi connectivity index (χ2n) is 4.13. The Kier molecular flexibility index (Phi) is 2.52. The summed E-state index contributed by atoms with van der Waals surface area (Å²) in [5.41, 5.74) is 1.32. The first kappa shape index (κ1) is 11.4. The van der Waals surface area contributed by atoms with Crippen molar-refractivity contribution >= 4 is 11.8 Å². The number of nitrogens with zero attached hydrogens (tertiary/aromatic N) is 2. The molecule has 1 aromatic carbocycles. The van der Waals surface area contributed by atoms with Gasteiger partial charge in [-0.3, -0.25) is 14.6 Å². The Balaban J connectivity index is 1.95. The summed E-state index contributed by atoms with van der Waals surface area (Å²) in [6.07, 6.45) is 1.62. The monoisotopic (exact) mass is 254 g/mol. The predicted octanol–water partition coefficient (Wildman–Crippen LogP) is 1.98. The minimum atomic E-state index is -0.455. The number of carbonyl (C=O) groups excluding carboxylic acids is 2. The van der Waals surface area contributed by atoms with Crippen molar-refractivity contribution in [3.8, 4) is 5.75 Å². The van der Waals surface area contributed by atoms with Crippen molar-refractivity contribution < 1.29 is 14.4 Å². The SMILES string of the molecule is Cc1ncccc1ON1C(=O)c2ccccc2C1=O. The van der Waals surface area contributed by atoms with Gasteiger partial charge < -0.3 is 4.84 Å². The fourth-order valence-electron chi connectivity index (χ4n) is 1.91. The van der Waals surface area contributed by atoms with E-state index in [4.69, 9.17) is 4.84 Å². The van der Waals surface area contributed by atoms with Crippen LogP contribution in [0.4, 0.5) is 0 Å². The van der Waals surface area contributed by atoms with Crippen LogP contribution in [0.15, 0.2) is 42.6 Å². The fourth-order valence-corrected chi connectivity index (χ4v) is 1.91. The lowest BCUT2D eigenvalue weighted by Gasteiger charge is -2.15. The standard InChI is InChI=1S/C14H10N2O3/c1-9-12(7-4-8-15-9)19-16-13(17)10-5-2-3-6-11(10)14(16)18/h2-8H,1H3. The Hall–Kier alpha value is -2.69. The maximum Gasteiger partial charge on any atom is 0.295 e. The van der Waals surface area contributed by atoms with Gasteiger partial charge in [0.1, 0.15) is 0 Å². The summed E-state index contributed by atoms with van der Waals surface area (Å²) in [5.74, 6) is -0.523. The van der Waals surface area contributed by atoms with Crippen LogP contribution in [0.25, 0.3) is 0 Å². The van der Waals surface area contributed by atoms with Crippen LogP contribution < -0.4 is 4.84 Å². The molecular weight excluding hydrogens is 244 g/mol. The molecule has 0 radical (unpaired) electrons. The van der Waals surface area contributed by atoms with Crippen LogP contribution in [0.3, 0.4) is 0 Å². The van der Waals surface area contributed by atoms with Gasteiger partial charge >= 0.3 is 0 Å². The summed E-state index contributed by atoms with van der Waals surface area (Å²) >= 11 is 0. The molecule has 0 aliphatic carbocycles. The minimum absolute atomic E-state index is 0.356. The molecule has 0 spiro atoms. The van der Waals surface area contributed by atoms with Crippen LogP contribution in [0.2, 0.25) is 0 Å². The molecular formula is C14H10N2O3. The van der Waals surface area contributed by atoms with Gasteiger partial charge in [-0.2, -0.15) is 0 Å². The summed E-state index contributed by atoms with van der Waals surface area (Å²) in [4.78, 5) is 33.6. The first-order chi connectivity index (χ1) is 9.18. The number of fused-ring (bicyclic) bond motifs is 1. The van der Waals surface area contributed by atoms with E-state index in [1.807, 2.05) is 0 Å². The highest BCUT2D eigenvalue weighted by atomic mass is 16.7. The Bertz CT molecular complexity index is 647. The number of aryl methyl sites for hydroxylation is 1. The number of amides is 2. The number of rotatable bonds is 2. The lowest BCUT2D eigenvalue weighted by Crippen LogP contribution is -2.33. The van der Waals surface area contributed by atoms with Crippen LogP contribution >= 0.6 is 0 Å². The molecule has 0 saturated carbocycles. The zero-order chi connectivity index (χ0) is 13.4. The van der Waals surface area contributed by atoms with E-state index in [0.717, 1.165) is 5.06 Å². The van der Waals surface area contributed by atoms with E-state index in [9.17, 15) is 9.59 Å². The van der Waals surface area contributed by atoms with Gasteiger partial charge in [-0.1, -0.05) is 17.2 Å². The van der Waals surface area contributed by atoms with Crippen LogP contribution in [-0.2, 0) is 0 Å². The molecule has 0 bridgehead atoms. The molecule has 0 fully saturated rings. The first-order valence-electron chi connectivity index (χ1n) is 5.76. The van der Waals surface area contributed by atoms with Crippen molar-refractivity contribution in [2.24, 2.45) is 0 Å². The van der Waals surface area contributed by atoms with E-state index >= 15 is 0 Å². The molecule has 0 saturated heterocycles. The molecule has 3 rings (SSSR count). The Morgan fingerprint density at radius 3 is 2.21 bits per heavy atom. The van der Waals surface area contributed by atoms with Crippen LogP contribution in [0, 0.1) is 6.92 Å². The zero-order valence-electron chi connectivity index (χ0n) is 10.2. The van der Waals surface area contributed by atoms with Crippen molar-refractivity contribution in [1.82, 2.24) is 10.0 Å². The summed E-state index contributed by atoms with van der Waals surface area (Å²) in [6.45, 7) is 1.74. The molecule has 2 amide bonds. The second-order valence-corrected chi connectivity index (χ2v) is 4.13. The van der Waals surface area contributed by atoms with Gasteiger partial charge in [0.25, 0.3) is 11.8 Å². The molecule has 2 aromatic rings. The largest absolute Gasteiger partial charge is 0.367 e. The number of carbonyl (C=O) groups is 2. The van der Waals surface area contributed by atoms with Crippen molar-refractivity contribution in [1.29, 1.82) is 0 Å². The topological polar surface area (TPSA) is 59.5 Å². The molecule has 5 heteroatoms. The normalized spacial score (nSPS) is 13.6. The molecule has 94 valence electrons. The molecule has 1 aliphatic heterocycles. The molecule has 0 unspecified atom stereocenters. The van der Waals surface area contributed by atoms with Gasteiger partial charge in [-0.05, 0) is 31.2 Å². The summed E-state index contributed by atoms with van der Waals surface area (Å²) < 4.78 is 0. The number of imide groups is 1. The van der Waals surface area contributed by atoms with Crippen LogP contribution in [-0.4, -0.2) is 21.9 Å². The van der Waals surface area contributed by atoms with Gasteiger partial charge in [0, 0.05) is 6.20 Å². The van der Waals surface area contributed by atoms with Gasteiger partial charge in [0.05, 0.1) is 16.8 Å². The number of aromatic nitrogens is 1. The number of pyridine rings is 1.